The third-order valence-corrected chi connectivity index (χ3v) is 13.0. The smallest absolute Gasteiger partial charge is 0.300 e. The Balaban J connectivity index is 1.18. The minimum absolute atomic E-state index is 0.114. The quantitative estimate of drug-likeness (QED) is 0.0198. The van der Waals surface area contributed by atoms with Crippen LogP contribution in [0.15, 0.2) is 28.9 Å². The van der Waals surface area contributed by atoms with Crippen molar-refractivity contribution in [3.8, 4) is 0 Å². The number of anilines is 1. The Morgan fingerprint density at radius 3 is 1.93 bits per heavy atom. The zero-order valence-corrected chi connectivity index (χ0v) is 40.3. The summed E-state index contributed by atoms with van der Waals surface area (Å²) in [6.45, 7) is 1.10. The molecule has 69 heavy (non-hydrogen) atoms. The SMILES string of the molecule is CCCCCCCCCCCCC/C=C/[C@@H](O)[C@H](CO[C@@H]1O[C@H](CO)[C@@H](O[C@@H]2O[C@H](CO)[C@H](O)[C@H](O)[C@H]2O)[C@H](O)[C@H]1O)NC(=O)CCCCCCCCCCCNc1ccc([N+](=O)[O-])c2nonc12. The van der Waals surface area contributed by atoms with Gasteiger partial charge in [-0.3, -0.25) is 14.9 Å². The number of aliphatic hydroxyl groups excluding tert-OH is 8. The van der Waals surface area contributed by atoms with Crippen LogP contribution in [0.1, 0.15) is 148 Å². The Bertz CT molecular complexity index is 1750. The van der Waals surface area contributed by atoms with Crippen molar-refractivity contribution in [2.24, 2.45) is 0 Å². The standard InChI is InChI=1S/C48H81N5O16/c1-2-3-4-5-6-7-8-9-10-12-15-18-21-24-35(56)33(31-65-47-45(62)43(60)46(37(30-55)67-47)68-48-44(61)42(59)41(58)36(29-54)66-48)50-38(57)25-22-19-16-13-11-14-17-20-23-28-49-32-26-27-34(53(63)64)40-39(32)51-69-52-40/h21,24,26-27,33,35-37,41-49,54-56,58-62H,2-20,22-23,25,28-31H2,1H3,(H,50,57)/b24-21+/t33-,35+,36+,37+,41-,42-,43+,44+,45+,46+,47+,48-/m0/s1. The van der Waals surface area contributed by atoms with Crippen LogP contribution in [0, 0.1) is 10.1 Å². The molecule has 0 saturated carbocycles. The van der Waals surface area contributed by atoms with Crippen LogP contribution in [-0.2, 0) is 23.7 Å². The Kier molecular flexibility index (Phi) is 27.4. The number of non-ortho nitro benzene ring substituents is 1. The second kappa shape index (κ2) is 32.5. The van der Waals surface area contributed by atoms with Crippen LogP contribution in [0.3, 0.4) is 0 Å². The van der Waals surface area contributed by atoms with Crippen LogP contribution < -0.4 is 10.6 Å². The highest BCUT2D eigenvalue weighted by atomic mass is 16.7. The summed E-state index contributed by atoms with van der Waals surface area (Å²) in [5.41, 5.74) is 0.931. The van der Waals surface area contributed by atoms with Crippen molar-refractivity contribution in [1.29, 1.82) is 0 Å². The number of carbonyl (C=O) groups excluding carboxylic acids is 1. The normalized spacial score (nSPS) is 26.1. The molecular weight excluding hydrogens is 903 g/mol. The molecule has 0 aliphatic carbocycles. The Labute approximate surface area is 405 Å². The van der Waals surface area contributed by atoms with Gasteiger partial charge < -0.3 is 70.4 Å². The molecule has 2 saturated heterocycles. The molecule has 2 aliphatic rings. The molecule has 1 aromatic heterocycles. The summed E-state index contributed by atoms with van der Waals surface area (Å²) >= 11 is 0. The second-order valence-corrected chi connectivity index (χ2v) is 18.5. The van der Waals surface area contributed by atoms with E-state index < -0.39 is 91.7 Å². The summed E-state index contributed by atoms with van der Waals surface area (Å²) in [5.74, 6) is -0.296. The predicted molar refractivity (Wildman–Crippen MR) is 254 cm³/mol. The van der Waals surface area contributed by atoms with Gasteiger partial charge in [0.05, 0.1) is 42.6 Å². The van der Waals surface area contributed by atoms with Crippen molar-refractivity contribution >= 4 is 28.3 Å². The second-order valence-electron chi connectivity index (χ2n) is 18.5. The fourth-order valence-electron chi connectivity index (χ4n) is 8.71. The van der Waals surface area contributed by atoms with Crippen LogP contribution in [0.4, 0.5) is 11.4 Å². The van der Waals surface area contributed by atoms with Crippen molar-refractivity contribution in [3.05, 3.63) is 34.4 Å². The summed E-state index contributed by atoms with van der Waals surface area (Å²) < 4.78 is 27.4. The highest BCUT2D eigenvalue weighted by Gasteiger charge is 2.51. The number of hydrogen-bond donors (Lipinski definition) is 10. The average Bonchev–Trinajstić information content (AvgIpc) is 3.84. The van der Waals surface area contributed by atoms with Gasteiger partial charge >= 0.3 is 5.69 Å². The number of aliphatic hydroxyl groups is 8. The lowest BCUT2D eigenvalue weighted by Gasteiger charge is -2.46. The monoisotopic (exact) mass is 984 g/mol. The van der Waals surface area contributed by atoms with E-state index in [-0.39, 0.29) is 30.1 Å². The lowest BCUT2D eigenvalue weighted by Crippen LogP contribution is -2.65. The number of unbranched alkanes of at least 4 members (excludes halogenated alkanes) is 19. The number of fused-ring (bicyclic) bond motifs is 1. The first-order valence-electron chi connectivity index (χ1n) is 25.4. The third kappa shape index (κ3) is 19.2. The van der Waals surface area contributed by atoms with Gasteiger partial charge in [0.2, 0.25) is 11.4 Å². The predicted octanol–water partition coefficient (Wildman–Crippen LogP) is 4.19. The summed E-state index contributed by atoms with van der Waals surface area (Å²) in [5, 5.41) is 109. The number of allylic oxidation sites excluding steroid dienone is 1. The van der Waals surface area contributed by atoms with Crippen molar-refractivity contribution < 1.29 is 74.1 Å². The van der Waals surface area contributed by atoms with Crippen LogP contribution in [-0.4, -0.2) is 162 Å². The summed E-state index contributed by atoms with van der Waals surface area (Å²) in [6.07, 6.45) is 9.11. The van der Waals surface area contributed by atoms with Gasteiger partial charge in [-0.25, -0.2) is 4.63 Å². The fourth-order valence-corrected chi connectivity index (χ4v) is 8.71. The number of ether oxygens (including phenoxy) is 4. The summed E-state index contributed by atoms with van der Waals surface area (Å²) in [7, 11) is 0. The number of nitrogens with zero attached hydrogens (tertiary/aromatic N) is 3. The van der Waals surface area contributed by atoms with Gasteiger partial charge in [-0.05, 0) is 42.1 Å². The third-order valence-electron chi connectivity index (χ3n) is 13.0. The Hall–Kier alpha value is -3.45. The molecule has 3 heterocycles. The molecule has 0 bridgehead atoms. The van der Waals surface area contributed by atoms with Gasteiger partial charge in [-0.1, -0.05) is 128 Å². The Morgan fingerprint density at radius 2 is 1.30 bits per heavy atom. The molecule has 21 nitrogen and oxygen atoms in total. The van der Waals surface area contributed by atoms with Gasteiger partial charge in [0, 0.05) is 19.0 Å². The highest BCUT2D eigenvalue weighted by molar-refractivity contribution is 5.93. The first-order chi connectivity index (χ1) is 33.4. The largest absolute Gasteiger partial charge is 0.394 e. The molecule has 1 aromatic carbocycles. The lowest BCUT2D eigenvalue weighted by molar-refractivity contribution is -0.383. The van der Waals surface area contributed by atoms with Crippen LogP contribution in [0.5, 0.6) is 0 Å². The molecule has 2 fully saturated rings. The number of nitro groups is 1. The van der Waals surface area contributed by atoms with E-state index >= 15 is 0 Å². The van der Waals surface area contributed by atoms with Gasteiger partial charge in [0.15, 0.2) is 18.1 Å². The van der Waals surface area contributed by atoms with E-state index in [2.05, 4.69) is 27.9 Å². The zero-order valence-electron chi connectivity index (χ0n) is 40.3. The summed E-state index contributed by atoms with van der Waals surface area (Å²) in [6, 6.07) is 2.04. The molecule has 2 aliphatic heterocycles. The number of nitrogens with one attached hydrogen (secondary N) is 2. The molecular formula is C48H81N5O16. The van der Waals surface area contributed by atoms with Crippen molar-refractivity contribution in [2.45, 2.75) is 222 Å². The number of amides is 1. The van der Waals surface area contributed by atoms with E-state index in [1.165, 1.54) is 57.4 Å². The molecule has 4 rings (SSSR count). The number of nitro benzene ring substituents is 1. The lowest BCUT2D eigenvalue weighted by atomic mass is 9.97. The molecule has 2 aromatic rings. The van der Waals surface area contributed by atoms with E-state index in [4.69, 9.17) is 23.6 Å². The molecule has 21 heteroatoms. The van der Waals surface area contributed by atoms with Gasteiger partial charge in [0.1, 0.15) is 48.8 Å². The Morgan fingerprint density at radius 1 is 0.739 bits per heavy atom. The van der Waals surface area contributed by atoms with E-state index in [1.54, 1.807) is 12.1 Å². The summed E-state index contributed by atoms with van der Waals surface area (Å²) in [4.78, 5) is 23.9. The first kappa shape index (κ1) is 58.1. The van der Waals surface area contributed by atoms with Crippen molar-refractivity contribution in [3.63, 3.8) is 0 Å². The maximum atomic E-state index is 13.2. The molecule has 12 atom stereocenters. The molecule has 0 unspecified atom stereocenters. The van der Waals surface area contributed by atoms with E-state index in [0.717, 1.165) is 77.0 Å². The molecule has 10 N–H and O–H groups in total. The number of aromatic nitrogens is 2. The molecule has 1 amide bonds. The maximum absolute atomic E-state index is 13.2. The number of carbonyl (C=O) groups is 1. The van der Waals surface area contributed by atoms with E-state index in [9.17, 15) is 55.8 Å². The zero-order chi connectivity index (χ0) is 50.0. The topological polar surface area (TPSA) is 322 Å². The average molecular weight is 984 g/mol. The minimum atomic E-state index is -1.81. The first-order valence-corrected chi connectivity index (χ1v) is 25.4. The highest BCUT2D eigenvalue weighted by Crippen LogP contribution is 2.31. The molecule has 0 spiro atoms. The van der Waals surface area contributed by atoms with Gasteiger partial charge in [-0.2, -0.15) is 0 Å². The van der Waals surface area contributed by atoms with E-state index in [0.29, 0.717) is 24.2 Å². The van der Waals surface area contributed by atoms with Crippen LogP contribution in [0.25, 0.3) is 11.0 Å². The molecule has 0 radical (unpaired) electrons. The van der Waals surface area contributed by atoms with Crippen LogP contribution in [0.2, 0.25) is 0 Å². The molecule has 394 valence electrons. The van der Waals surface area contributed by atoms with Crippen molar-refractivity contribution in [1.82, 2.24) is 15.6 Å². The van der Waals surface area contributed by atoms with Crippen LogP contribution >= 0.6 is 0 Å². The van der Waals surface area contributed by atoms with Crippen molar-refractivity contribution in [2.75, 3.05) is 31.7 Å². The van der Waals surface area contributed by atoms with Gasteiger partial charge in [0.25, 0.3) is 0 Å². The number of benzene rings is 1. The maximum Gasteiger partial charge on any atom is 0.300 e. The van der Waals surface area contributed by atoms with E-state index in [1.807, 2.05) is 6.08 Å². The number of rotatable bonds is 36. The number of hydrogen-bond acceptors (Lipinski definition) is 19. The fraction of sp³-hybridized carbons (Fsp3) is 0.812. The minimum Gasteiger partial charge on any atom is -0.394 e. The van der Waals surface area contributed by atoms with Gasteiger partial charge in [-0.15, -0.1) is 0 Å².